The normalized spacial score (nSPS) is 24.6. The fourth-order valence-electron chi connectivity index (χ4n) is 2.67. The minimum Gasteiger partial charge on any atom is -0.331 e. The molecule has 1 saturated carbocycles. The van der Waals surface area contributed by atoms with Crippen molar-refractivity contribution < 1.29 is 18.0 Å². The SMILES string of the molecule is CC(C)N(CC(F)(F)F)C(=O)C1CCCC(CN)C1. The lowest BCUT2D eigenvalue weighted by atomic mass is 9.80. The van der Waals surface area contributed by atoms with Crippen molar-refractivity contribution >= 4 is 5.91 Å². The van der Waals surface area contributed by atoms with Crippen LogP contribution in [0.1, 0.15) is 39.5 Å². The molecule has 1 aliphatic rings. The largest absolute Gasteiger partial charge is 0.406 e. The van der Waals surface area contributed by atoms with E-state index in [9.17, 15) is 18.0 Å². The number of carbonyl (C=O) groups is 1. The molecule has 2 unspecified atom stereocenters. The van der Waals surface area contributed by atoms with E-state index in [0.29, 0.717) is 19.4 Å². The number of halogens is 3. The number of rotatable bonds is 4. The number of hydrogen-bond acceptors (Lipinski definition) is 2. The van der Waals surface area contributed by atoms with Gasteiger partial charge >= 0.3 is 6.18 Å². The summed E-state index contributed by atoms with van der Waals surface area (Å²) < 4.78 is 37.6. The van der Waals surface area contributed by atoms with Crippen molar-refractivity contribution in [2.45, 2.75) is 51.7 Å². The van der Waals surface area contributed by atoms with E-state index in [-0.39, 0.29) is 17.7 Å². The van der Waals surface area contributed by atoms with Crippen LogP contribution < -0.4 is 5.73 Å². The Morgan fingerprint density at radius 2 is 2.00 bits per heavy atom. The molecule has 0 aliphatic heterocycles. The van der Waals surface area contributed by atoms with Crippen molar-refractivity contribution in [1.29, 1.82) is 0 Å². The highest BCUT2D eigenvalue weighted by Crippen LogP contribution is 2.31. The Hall–Kier alpha value is -0.780. The van der Waals surface area contributed by atoms with Crippen LogP contribution >= 0.6 is 0 Å². The molecule has 1 amide bonds. The second-order valence-corrected chi connectivity index (χ2v) is 5.64. The Bertz CT molecular complexity index is 305. The molecule has 2 N–H and O–H groups in total. The second-order valence-electron chi connectivity index (χ2n) is 5.64. The quantitative estimate of drug-likeness (QED) is 0.860. The second kappa shape index (κ2) is 6.59. The molecule has 0 saturated heterocycles. The lowest BCUT2D eigenvalue weighted by molar-refractivity contribution is -0.168. The van der Waals surface area contributed by atoms with E-state index in [0.717, 1.165) is 17.7 Å². The Kier molecular flexibility index (Phi) is 5.64. The zero-order valence-electron chi connectivity index (χ0n) is 11.5. The first kappa shape index (κ1) is 16.3. The van der Waals surface area contributed by atoms with Crippen LogP contribution in [0.3, 0.4) is 0 Å². The highest BCUT2D eigenvalue weighted by molar-refractivity contribution is 5.79. The highest BCUT2D eigenvalue weighted by atomic mass is 19.4. The van der Waals surface area contributed by atoms with Gasteiger partial charge in [0, 0.05) is 12.0 Å². The van der Waals surface area contributed by atoms with Crippen molar-refractivity contribution in [1.82, 2.24) is 4.90 Å². The number of amides is 1. The molecule has 2 atom stereocenters. The first-order chi connectivity index (χ1) is 8.74. The van der Waals surface area contributed by atoms with Gasteiger partial charge in [0.2, 0.25) is 5.91 Å². The number of nitrogens with two attached hydrogens (primary N) is 1. The predicted molar refractivity (Wildman–Crippen MR) is 67.4 cm³/mol. The minimum absolute atomic E-state index is 0.266. The maximum Gasteiger partial charge on any atom is 0.406 e. The van der Waals surface area contributed by atoms with Crippen LogP contribution in [0, 0.1) is 11.8 Å². The van der Waals surface area contributed by atoms with Crippen molar-refractivity contribution in [2.24, 2.45) is 17.6 Å². The number of nitrogens with zero attached hydrogens (tertiary/aromatic N) is 1. The molecule has 1 rings (SSSR count). The molecule has 19 heavy (non-hydrogen) atoms. The third kappa shape index (κ3) is 5.01. The summed E-state index contributed by atoms with van der Waals surface area (Å²) >= 11 is 0. The van der Waals surface area contributed by atoms with E-state index in [4.69, 9.17) is 5.73 Å². The van der Waals surface area contributed by atoms with Gasteiger partial charge < -0.3 is 10.6 Å². The van der Waals surface area contributed by atoms with E-state index in [1.807, 2.05) is 0 Å². The Morgan fingerprint density at radius 3 is 2.47 bits per heavy atom. The molecule has 6 heteroatoms. The van der Waals surface area contributed by atoms with Gasteiger partial charge in [0.25, 0.3) is 0 Å². The zero-order chi connectivity index (χ0) is 14.6. The highest BCUT2D eigenvalue weighted by Gasteiger charge is 2.37. The molecule has 1 aliphatic carbocycles. The van der Waals surface area contributed by atoms with E-state index >= 15 is 0 Å². The molecular formula is C13H23F3N2O. The van der Waals surface area contributed by atoms with Gasteiger partial charge in [0.1, 0.15) is 6.54 Å². The Balaban J connectivity index is 2.70. The molecule has 0 aromatic carbocycles. The van der Waals surface area contributed by atoms with Crippen molar-refractivity contribution in [3.8, 4) is 0 Å². The van der Waals surface area contributed by atoms with Crippen LogP contribution in [0.4, 0.5) is 13.2 Å². The van der Waals surface area contributed by atoms with Gasteiger partial charge in [-0.15, -0.1) is 0 Å². The summed E-state index contributed by atoms with van der Waals surface area (Å²) in [6.45, 7) is 2.58. The van der Waals surface area contributed by atoms with Crippen LogP contribution in [0.2, 0.25) is 0 Å². The average molecular weight is 280 g/mol. The van der Waals surface area contributed by atoms with Gasteiger partial charge in [0.15, 0.2) is 0 Å². The summed E-state index contributed by atoms with van der Waals surface area (Å²) in [7, 11) is 0. The van der Waals surface area contributed by atoms with Gasteiger partial charge in [0.05, 0.1) is 0 Å². The zero-order valence-corrected chi connectivity index (χ0v) is 11.5. The molecule has 0 aromatic rings. The number of hydrogen-bond donors (Lipinski definition) is 1. The molecule has 0 aromatic heterocycles. The van der Waals surface area contributed by atoms with E-state index in [1.165, 1.54) is 0 Å². The number of alkyl halides is 3. The van der Waals surface area contributed by atoms with Crippen molar-refractivity contribution in [2.75, 3.05) is 13.1 Å². The van der Waals surface area contributed by atoms with E-state index in [2.05, 4.69) is 0 Å². The van der Waals surface area contributed by atoms with Gasteiger partial charge in [-0.3, -0.25) is 4.79 Å². The van der Waals surface area contributed by atoms with Crippen molar-refractivity contribution in [3.63, 3.8) is 0 Å². The monoisotopic (exact) mass is 280 g/mol. The summed E-state index contributed by atoms with van der Waals surface area (Å²) in [4.78, 5) is 13.2. The summed E-state index contributed by atoms with van der Waals surface area (Å²) in [5, 5.41) is 0. The molecule has 3 nitrogen and oxygen atoms in total. The Labute approximate surface area is 112 Å². The molecule has 1 fully saturated rings. The standard InChI is InChI=1S/C13H23F3N2O/c1-9(2)18(8-13(14,15)16)12(19)11-5-3-4-10(6-11)7-17/h9-11H,3-8,17H2,1-2H3. The predicted octanol–water partition coefficient (Wildman–Crippen LogP) is 2.55. The molecule has 0 radical (unpaired) electrons. The maximum absolute atomic E-state index is 12.5. The van der Waals surface area contributed by atoms with Gasteiger partial charge in [-0.2, -0.15) is 13.2 Å². The lowest BCUT2D eigenvalue weighted by Gasteiger charge is -2.34. The maximum atomic E-state index is 12.5. The van der Waals surface area contributed by atoms with Crippen LogP contribution in [0.25, 0.3) is 0 Å². The summed E-state index contributed by atoms with van der Waals surface area (Å²) in [5.41, 5.74) is 5.60. The van der Waals surface area contributed by atoms with E-state index < -0.39 is 18.8 Å². The minimum atomic E-state index is -4.35. The molecular weight excluding hydrogens is 257 g/mol. The summed E-state index contributed by atoms with van der Waals surface area (Å²) in [6, 6.07) is -0.438. The Morgan fingerprint density at radius 1 is 1.37 bits per heavy atom. The molecule has 0 bridgehead atoms. The lowest BCUT2D eigenvalue weighted by Crippen LogP contribution is -2.47. The fraction of sp³-hybridized carbons (Fsp3) is 0.923. The smallest absolute Gasteiger partial charge is 0.331 e. The molecule has 0 heterocycles. The van der Waals surface area contributed by atoms with E-state index in [1.54, 1.807) is 13.8 Å². The van der Waals surface area contributed by atoms with Gasteiger partial charge in [-0.25, -0.2) is 0 Å². The third-order valence-corrected chi connectivity index (χ3v) is 3.72. The van der Waals surface area contributed by atoms with Gasteiger partial charge in [-0.1, -0.05) is 6.42 Å². The topological polar surface area (TPSA) is 46.3 Å². The first-order valence-electron chi connectivity index (χ1n) is 6.82. The van der Waals surface area contributed by atoms with Crippen LogP contribution in [0.15, 0.2) is 0 Å². The molecule has 0 spiro atoms. The third-order valence-electron chi connectivity index (χ3n) is 3.72. The fourth-order valence-corrected chi connectivity index (χ4v) is 2.67. The number of carbonyl (C=O) groups excluding carboxylic acids is 1. The summed E-state index contributed by atoms with van der Waals surface area (Å²) in [6.07, 6.45) is -1.20. The average Bonchev–Trinajstić information content (AvgIpc) is 2.34. The van der Waals surface area contributed by atoms with Crippen LogP contribution in [0.5, 0.6) is 0 Å². The first-order valence-corrected chi connectivity index (χ1v) is 6.82. The van der Waals surface area contributed by atoms with Crippen LogP contribution in [-0.4, -0.2) is 36.1 Å². The van der Waals surface area contributed by atoms with Crippen molar-refractivity contribution in [3.05, 3.63) is 0 Å². The summed E-state index contributed by atoms with van der Waals surface area (Å²) in [5.74, 6) is -0.403. The molecule has 112 valence electrons. The van der Waals surface area contributed by atoms with Crippen LogP contribution in [-0.2, 0) is 4.79 Å². The van der Waals surface area contributed by atoms with Gasteiger partial charge in [-0.05, 0) is 45.6 Å².